The van der Waals surface area contributed by atoms with Crippen molar-refractivity contribution >= 4 is 23.2 Å². The number of rotatable bonds is 1. The van der Waals surface area contributed by atoms with Crippen molar-refractivity contribution in [3.63, 3.8) is 0 Å². The third-order valence-corrected chi connectivity index (χ3v) is 2.22. The Kier molecular flexibility index (Phi) is 3.53. The van der Waals surface area contributed by atoms with Gasteiger partial charge in [0.05, 0.1) is 10.7 Å². The van der Waals surface area contributed by atoms with E-state index < -0.39 is 17.0 Å². The number of nitrogens with one attached hydrogen (secondary N) is 1. The van der Waals surface area contributed by atoms with Gasteiger partial charge in [0.15, 0.2) is 5.82 Å². The van der Waals surface area contributed by atoms with E-state index in [4.69, 9.17) is 11.6 Å². The molecule has 16 heavy (non-hydrogen) atoms. The number of benzene rings is 1. The predicted molar refractivity (Wildman–Crippen MR) is 59.5 cm³/mol. The lowest BCUT2D eigenvalue weighted by molar-refractivity contribution is -0.123. The Morgan fingerprint density at radius 1 is 1.31 bits per heavy atom. The zero-order valence-electron chi connectivity index (χ0n) is 9.20. The second-order valence-corrected chi connectivity index (χ2v) is 4.86. The Balaban J connectivity index is 3.03. The molecule has 5 heteroatoms. The van der Waals surface area contributed by atoms with Gasteiger partial charge in [0.2, 0.25) is 5.91 Å². The van der Waals surface area contributed by atoms with Crippen molar-refractivity contribution in [2.45, 2.75) is 20.8 Å². The smallest absolute Gasteiger partial charge is 0.229 e. The summed E-state index contributed by atoms with van der Waals surface area (Å²) in [6.45, 7) is 5.03. The summed E-state index contributed by atoms with van der Waals surface area (Å²) in [5.74, 6) is -2.06. The number of carbonyl (C=O) groups excluding carboxylic acids is 1. The van der Waals surface area contributed by atoms with Crippen molar-refractivity contribution in [3.05, 3.63) is 28.8 Å². The molecule has 88 valence electrons. The van der Waals surface area contributed by atoms with Gasteiger partial charge in [-0.15, -0.1) is 0 Å². The fourth-order valence-electron chi connectivity index (χ4n) is 0.963. The summed E-state index contributed by atoms with van der Waals surface area (Å²) in [6, 6.07) is 1.62. The molecule has 2 nitrogen and oxygen atoms in total. The molecule has 0 bridgehead atoms. The Morgan fingerprint density at radius 2 is 1.88 bits per heavy atom. The van der Waals surface area contributed by atoms with Gasteiger partial charge >= 0.3 is 0 Å². The molecule has 0 fully saturated rings. The van der Waals surface area contributed by atoms with E-state index in [1.807, 2.05) is 0 Å². The maximum atomic E-state index is 13.3. The first kappa shape index (κ1) is 12.9. The summed E-state index contributed by atoms with van der Waals surface area (Å²) in [7, 11) is 0. The Hall–Kier alpha value is -1.16. The lowest BCUT2D eigenvalue weighted by Crippen LogP contribution is -2.28. The van der Waals surface area contributed by atoms with Gasteiger partial charge < -0.3 is 5.32 Å². The number of carbonyl (C=O) groups is 1. The van der Waals surface area contributed by atoms with Crippen LogP contribution in [0.2, 0.25) is 5.02 Å². The Labute approximate surface area is 97.6 Å². The van der Waals surface area contributed by atoms with Crippen molar-refractivity contribution in [2.24, 2.45) is 5.41 Å². The number of anilines is 1. The molecule has 1 N–H and O–H groups in total. The van der Waals surface area contributed by atoms with Crippen LogP contribution in [-0.2, 0) is 4.79 Å². The molecule has 0 aliphatic carbocycles. The van der Waals surface area contributed by atoms with E-state index in [1.54, 1.807) is 20.8 Å². The SMILES string of the molecule is CC(C)(C)C(=O)Nc1c(F)cc(F)cc1Cl. The van der Waals surface area contributed by atoms with Crippen LogP contribution < -0.4 is 5.32 Å². The molecule has 0 atom stereocenters. The normalized spacial score (nSPS) is 11.4. The fourth-order valence-corrected chi connectivity index (χ4v) is 1.20. The minimum absolute atomic E-state index is 0.157. The maximum absolute atomic E-state index is 13.3. The van der Waals surface area contributed by atoms with Crippen molar-refractivity contribution < 1.29 is 13.6 Å². The molecular formula is C11H12ClF2NO. The quantitative estimate of drug-likeness (QED) is 0.807. The van der Waals surface area contributed by atoms with Crippen molar-refractivity contribution in [1.82, 2.24) is 0 Å². The second-order valence-electron chi connectivity index (χ2n) is 4.45. The molecular weight excluding hydrogens is 236 g/mol. The first-order chi connectivity index (χ1) is 7.21. The number of hydrogen-bond acceptors (Lipinski definition) is 1. The minimum Gasteiger partial charge on any atom is -0.322 e. The average Bonchev–Trinajstić information content (AvgIpc) is 2.08. The maximum Gasteiger partial charge on any atom is 0.229 e. The number of halogens is 3. The highest BCUT2D eigenvalue weighted by molar-refractivity contribution is 6.33. The molecule has 0 saturated carbocycles. The van der Waals surface area contributed by atoms with Crippen LogP contribution in [0.3, 0.4) is 0 Å². The first-order valence-electron chi connectivity index (χ1n) is 4.68. The van der Waals surface area contributed by atoms with Crippen LogP contribution in [0.25, 0.3) is 0 Å². The van der Waals surface area contributed by atoms with Gasteiger partial charge in [-0.3, -0.25) is 4.79 Å². The van der Waals surface area contributed by atoms with Crippen LogP contribution in [0.1, 0.15) is 20.8 Å². The second kappa shape index (κ2) is 4.37. The molecule has 1 amide bonds. The molecule has 1 aromatic carbocycles. The summed E-state index contributed by atoms with van der Waals surface area (Å²) < 4.78 is 26.1. The minimum atomic E-state index is -0.886. The summed E-state index contributed by atoms with van der Waals surface area (Å²) in [5, 5.41) is 2.18. The molecule has 0 spiro atoms. The molecule has 0 aliphatic heterocycles. The molecule has 0 aliphatic rings. The van der Waals surface area contributed by atoms with Gasteiger partial charge in [-0.1, -0.05) is 32.4 Å². The molecule has 0 unspecified atom stereocenters. The van der Waals surface area contributed by atoms with Gasteiger partial charge in [-0.2, -0.15) is 0 Å². The van der Waals surface area contributed by atoms with E-state index in [1.165, 1.54) is 0 Å². The van der Waals surface area contributed by atoms with Crippen LogP contribution in [0.15, 0.2) is 12.1 Å². The first-order valence-corrected chi connectivity index (χ1v) is 5.05. The highest BCUT2D eigenvalue weighted by Gasteiger charge is 2.23. The number of amides is 1. The number of hydrogen-bond donors (Lipinski definition) is 1. The van der Waals surface area contributed by atoms with Gasteiger partial charge in [0.25, 0.3) is 0 Å². The van der Waals surface area contributed by atoms with Gasteiger partial charge in [-0.05, 0) is 6.07 Å². The van der Waals surface area contributed by atoms with Gasteiger partial charge in [0, 0.05) is 11.5 Å². The van der Waals surface area contributed by atoms with E-state index in [9.17, 15) is 13.6 Å². The molecule has 0 heterocycles. The lowest BCUT2D eigenvalue weighted by atomic mass is 9.95. The lowest BCUT2D eigenvalue weighted by Gasteiger charge is -2.18. The summed E-state index contributed by atoms with van der Waals surface area (Å²) in [6.07, 6.45) is 0. The van der Waals surface area contributed by atoms with E-state index in [2.05, 4.69) is 5.32 Å². The van der Waals surface area contributed by atoms with E-state index in [0.717, 1.165) is 6.07 Å². The summed E-state index contributed by atoms with van der Waals surface area (Å²) >= 11 is 5.63. The third-order valence-electron chi connectivity index (χ3n) is 1.93. The standard InChI is InChI=1S/C11H12ClF2NO/c1-11(2,3)10(16)15-9-7(12)4-6(13)5-8(9)14/h4-5H,1-3H3,(H,15,16). The van der Waals surface area contributed by atoms with E-state index in [-0.39, 0.29) is 16.6 Å². The largest absolute Gasteiger partial charge is 0.322 e. The van der Waals surface area contributed by atoms with Crippen molar-refractivity contribution in [2.75, 3.05) is 5.32 Å². The van der Waals surface area contributed by atoms with Crippen molar-refractivity contribution in [1.29, 1.82) is 0 Å². The third kappa shape index (κ3) is 2.92. The zero-order chi connectivity index (χ0) is 12.5. The molecule has 1 aromatic rings. The van der Waals surface area contributed by atoms with E-state index in [0.29, 0.717) is 6.07 Å². The molecule has 0 saturated heterocycles. The zero-order valence-corrected chi connectivity index (χ0v) is 9.95. The predicted octanol–water partition coefficient (Wildman–Crippen LogP) is 3.60. The Morgan fingerprint density at radius 3 is 2.31 bits per heavy atom. The highest BCUT2D eigenvalue weighted by Crippen LogP contribution is 2.28. The average molecular weight is 248 g/mol. The van der Waals surface area contributed by atoms with Crippen LogP contribution in [0.4, 0.5) is 14.5 Å². The Bertz CT molecular complexity index is 403. The van der Waals surface area contributed by atoms with Crippen molar-refractivity contribution in [3.8, 4) is 0 Å². The molecule has 0 radical (unpaired) electrons. The van der Waals surface area contributed by atoms with E-state index >= 15 is 0 Å². The van der Waals surface area contributed by atoms with Crippen LogP contribution in [-0.4, -0.2) is 5.91 Å². The van der Waals surface area contributed by atoms with Crippen LogP contribution in [0.5, 0.6) is 0 Å². The topological polar surface area (TPSA) is 29.1 Å². The van der Waals surface area contributed by atoms with Gasteiger partial charge in [-0.25, -0.2) is 8.78 Å². The molecule has 1 rings (SSSR count). The monoisotopic (exact) mass is 247 g/mol. The molecule has 0 aromatic heterocycles. The van der Waals surface area contributed by atoms with Gasteiger partial charge in [0.1, 0.15) is 5.82 Å². The van der Waals surface area contributed by atoms with Crippen LogP contribution >= 0.6 is 11.6 Å². The fraction of sp³-hybridized carbons (Fsp3) is 0.364. The summed E-state index contributed by atoms with van der Waals surface area (Å²) in [5.41, 5.74) is -0.868. The summed E-state index contributed by atoms with van der Waals surface area (Å²) in [4.78, 5) is 11.6. The van der Waals surface area contributed by atoms with Crippen LogP contribution in [0, 0.1) is 17.0 Å². The highest BCUT2D eigenvalue weighted by atomic mass is 35.5.